The molecule has 196 valence electrons. The van der Waals surface area contributed by atoms with Gasteiger partial charge >= 0.3 is 5.69 Å². The number of hydrogen-bond acceptors (Lipinski definition) is 6. The normalized spacial score (nSPS) is 19.1. The number of aromatic amines is 2. The molecule has 2 aliphatic heterocycles. The lowest BCUT2D eigenvalue weighted by atomic mass is 9.92. The molecule has 0 unspecified atom stereocenters. The van der Waals surface area contributed by atoms with Gasteiger partial charge in [-0.2, -0.15) is 4.68 Å². The van der Waals surface area contributed by atoms with E-state index in [4.69, 9.17) is 11.6 Å². The Morgan fingerprint density at radius 2 is 2.00 bits per heavy atom. The van der Waals surface area contributed by atoms with Gasteiger partial charge in [-0.15, -0.1) is 5.10 Å². The Kier molecular flexibility index (Phi) is 5.27. The van der Waals surface area contributed by atoms with Gasteiger partial charge in [0.05, 0.1) is 39.7 Å². The van der Waals surface area contributed by atoms with E-state index >= 15 is 4.39 Å². The molecular formula is C26H21ClFN9O2. The van der Waals surface area contributed by atoms with E-state index in [2.05, 4.69) is 30.5 Å². The molecule has 13 heteroatoms. The summed E-state index contributed by atoms with van der Waals surface area (Å²) >= 11 is 6.12. The van der Waals surface area contributed by atoms with Gasteiger partial charge in [-0.05, 0) is 59.5 Å². The molecule has 0 bridgehead atoms. The predicted molar refractivity (Wildman–Crippen MR) is 140 cm³/mol. The molecule has 2 N–H and O–H groups in total. The van der Waals surface area contributed by atoms with Crippen LogP contribution in [0.15, 0.2) is 53.7 Å². The van der Waals surface area contributed by atoms with Crippen LogP contribution >= 0.6 is 11.6 Å². The molecule has 11 nitrogen and oxygen atoms in total. The van der Waals surface area contributed by atoms with Crippen molar-refractivity contribution >= 4 is 34.1 Å². The van der Waals surface area contributed by atoms with E-state index in [9.17, 15) is 9.59 Å². The first kappa shape index (κ1) is 23.5. The van der Waals surface area contributed by atoms with Crippen molar-refractivity contribution in [2.45, 2.75) is 31.3 Å². The molecule has 7 rings (SSSR count). The van der Waals surface area contributed by atoms with Gasteiger partial charge in [0.1, 0.15) is 12.2 Å². The zero-order valence-electron chi connectivity index (χ0n) is 20.6. The summed E-state index contributed by atoms with van der Waals surface area (Å²) in [7, 11) is 1.72. The number of carbonyl (C=O) groups is 1. The molecule has 1 saturated heterocycles. The van der Waals surface area contributed by atoms with Crippen molar-refractivity contribution in [1.29, 1.82) is 0 Å². The lowest BCUT2D eigenvalue weighted by molar-refractivity contribution is -0.129. The number of H-pyrrole nitrogens is 2. The van der Waals surface area contributed by atoms with Crippen LogP contribution in [0.3, 0.4) is 0 Å². The highest BCUT2D eigenvalue weighted by Gasteiger charge is 2.42. The van der Waals surface area contributed by atoms with Crippen LogP contribution in [0.4, 0.5) is 4.39 Å². The molecule has 1 fully saturated rings. The second-order valence-corrected chi connectivity index (χ2v) is 10.2. The van der Waals surface area contributed by atoms with Crippen LogP contribution in [-0.2, 0) is 11.8 Å². The summed E-state index contributed by atoms with van der Waals surface area (Å²) in [6.07, 6.45) is 6.50. The Morgan fingerprint density at radius 1 is 1.13 bits per heavy atom. The number of nitrogens with one attached hydrogen (secondary N) is 2. The number of tetrazole rings is 1. The van der Waals surface area contributed by atoms with Crippen molar-refractivity contribution in [3.8, 4) is 16.9 Å². The van der Waals surface area contributed by atoms with Gasteiger partial charge in [-0.1, -0.05) is 17.7 Å². The summed E-state index contributed by atoms with van der Waals surface area (Å²) in [5.41, 5.74) is 4.21. The van der Waals surface area contributed by atoms with E-state index in [1.54, 1.807) is 23.9 Å². The van der Waals surface area contributed by atoms with Crippen LogP contribution in [0.2, 0.25) is 5.02 Å². The van der Waals surface area contributed by atoms with Crippen LogP contribution in [0, 0.1) is 5.82 Å². The minimum absolute atomic E-state index is 0.0391. The average molecular weight is 546 g/mol. The number of nitrogens with zero attached hydrogens (tertiary/aromatic N) is 7. The quantitative estimate of drug-likeness (QED) is 0.355. The molecule has 2 aromatic carbocycles. The summed E-state index contributed by atoms with van der Waals surface area (Å²) in [5.74, 6) is -0.145. The maximum Gasteiger partial charge on any atom is 0.326 e. The predicted octanol–water partition coefficient (Wildman–Crippen LogP) is 3.54. The van der Waals surface area contributed by atoms with Crippen molar-refractivity contribution in [1.82, 2.24) is 44.6 Å². The summed E-state index contributed by atoms with van der Waals surface area (Å²) in [5, 5.41) is 11.1. The second-order valence-electron chi connectivity index (χ2n) is 9.78. The molecule has 5 heterocycles. The minimum atomic E-state index is -0.612. The molecule has 1 amide bonds. The Morgan fingerprint density at radius 3 is 2.82 bits per heavy atom. The SMILES string of the molecule is Cn1c(=O)[nH]c2cc(-c3cnc([C@@H]4CC[C@@H]5CC(c6c(-n7cnnn7)ccc(Cl)c6F)=CC(=O)N54)[nH]3)ccc21. The molecule has 3 aromatic heterocycles. The zero-order valence-corrected chi connectivity index (χ0v) is 21.4. The first-order chi connectivity index (χ1) is 18.9. The molecular weight excluding hydrogens is 525 g/mol. The Hall–Kier alpha value is -4.58. The topological polar surface area (TPSA) is 130 Å². The van der Waals surface area contributed by atoms with Crippen LogP contribution in [0.5, 0.6) is 0 Å². The number of halogens is 2. The summed E-state index contributed by atoms with van der Waals surface area (Å²) in [6, 6.07) is 8.43. The van der Waals surface area contributed by atoms with Gasteiger partial charge in [-0.3, -0.25) is 9.36 Å². The van der Waals surface area contributed by atoms with E-state index in [1.807, 2.05) is 23.1 Å². The van der Waals surface area contributed by atoms with Gasteiger partial charge in [0, 0.05) is 30.3 Å². The van der Waals surface area contributed by atoms with Crippen molar-refractivity contribution in [3.63, 3.8) is 0 Å². The monoisotopic (exact) mass is 545 g/mol. The first-order valence-corrected chi connectivity index (χ1v) is 12.8. The fourth-order valence-electron chi connectivity index (χ4n) is 5.76. The van der Waals surface area contributed by atoms with Gasteiger partial charge in [-0.25, -0.2) is 14.2 Å². The number of fused-ring (bicyclic) bond motifs is 2. The van der Waals surface area contributed by atoms with Gasteiger partial charge in [0.15, 0.2) is 5.82 Å². The fourth-order valence-corrected chi connectivity index (χ4v) is 5.92. The minimum Gasteiger partial charge on any atom is -0.340 e. The Labute approximate surface area is 224 Å². The summed E-state index contributed by atoms with van der Waals surface area (Å²) < 4.78 is 18.2. The van der Waals surface area contributed by atoms with Crippen LogP contribution in [-0.4, -0.2) is 56.6 Å². The lowest BCUT2D eigenvalue weighted by Crippen LogP contribution is -2.39. The van der Waals surface area contributed by atoms with Crippen LogP contribution < -0.4 is 5.69 Å². The number of rotatable bonds is 4. The molecule has 0 aliphatic carbocycles. The first-order valence-electron chi connectivity index (χ1n) is 12.4. The van der Waals surface area contributed by atoms with E-state index in [-0.39, 0.29) is 34.3 Å². The van der Waals surface area contributed by atoms with Gasteiger partial charge < -0.3 is 14.9 Å². The largest absolute Gasteiger partial charge is 0.340 e. The van der Waals surface area contributed by atoms with Crippen molar-refractivity contribution in [2.75, 3.05) is 0 Å². The average Bonchev–Trinajstić information content (AvgIpc) is 3.73. The summed E-state index contributed by atoms with van der Waals surface area (Å²) in [4.78, 5) is 38.1. The fraction of sp³-hybridized carbons (Fsp3) is 0.231. The third-order valence-electron chi connectivity index (χ3n) is 7.63. The number of aromatic nitrogens is 8. The molecule has 0 radical (unpaired) electrons. The van der Waals surface area contributed by atoms with E-state index in [1.165, 1.54) is 23.2 Å². The van der Waals surface area contributed by atoms with Crippen molar-refractivity contribution in [2.24, 2.45) is 7.05 Å². The number of benzene rings is 2. The molecule has 2 atom stereocenters. The van der Waals surface area contributed by atoms with E-state index < -0.39 is 5.82 Å². The molecule has 0 saturated carbocycles. The molecule has 5 aromatic rings. The maximum atomic E-state index is 15.3. The number of hydrogen-bond donors (Lipinski definition) is 2. The lowest BCUT2D eigenvalue weighted by Gasteiger charge is -2.33. The van der Waals surface area contributed by atoms with E-state index in [0.717, 1.165) is 28.7 Å². The molecule has 39 heavy (non-hydrogen) atoms. The number of aryl methyl sites for hydroxylation is 1. The van der Waals surface area contributed by atoms with E-state index in [0.29, 0.717) is 29.9 Å². The van der Waals surface area contributed by atoms with Crippen molar-refractivity contribution < 1.29 is 9.18 Å². The van der Waals surface area contributed by atoms with Gasteiger partial charge in [0.25, 0.3) is 0 Å². The van der Waals surface area contributed by atoms with Crippen LogP contribution in [0.1, 0.15) is 36.7 Å². The van der Waals surface area contributed by atoms with Crippen molar-refractivity contribution in [3.05, 3.63) is 81.6 Å². The highest BCUT2D eigenvalue weighted by atomic mass is 35.5. The van der Waals surface area contributed by atoms with Crippen LogP contribution in [0.25, 0.3) is 33.6 Å². The Balaban J connectivity index is 1.20. The number of amides is 1. The third kappa shape index (κ3) is 3.70. The Bertz CT molecular complexity index is 1850. The smallest absolute Gasteiger partial charge is 0.326 e. The molecule has 0 spiro atoms. The number of carbonyl (C=O) groups excluding carboxylic acids is 1. The zero-order chi connectivity index (χ0) is 26.8. The second kappa shape index (κ2) is 8.73. The highest BCUT2D eigenvalue weighted by Crippen LogP contribution is 2.44. The summed E-state index contributed by atoms with van der Waals surface area (Å²) in [6.45, 7) is 0. The van der Waals surface area contributed by atoms with Gasteiger partial charge in [0.2, 0.25) is 5.91 Å². The maximum absolute atomic E-state index is 15.3. The third-order valence-corrected chi connectivity index (χ3v) is 7.92. The standard InChI is InChI=1S/C26H21ClFN9O2/c1-35-19-5-2-13(9-17(19)32-26(35)39)18-11-29-25(31-18)21-6-3-15-8-14(10-22(38)37(15)21)23-20(36-12-30-33-34-36)7-4-16(27)24(23)28/h2,4-5,7,9-12,15,21H,3,6,8H2,1H3,(H,29,31)(H,32,39)/t15-,21+/m1/s1. The molecule has 2 aliphatic rings. The number of imidazole rings is 2. The highest BCUT2D eigenvalue weighted by molar-refractivity contribution is 6.31.